The van der Waals surface area contributed by atoms with Crippen molar-refractivity contribution in [3.8, 4) is 11.5 Å². The van der Waals surface area contributed by atoms with E-state index in [1.165, 1.54) is 0 Å². The Bertz CT molecular complexity index is 588. The second-order valence-corrected chi connectivity index (χ2v) is 4.53. The zero-order valence-corrected chi connectivity index (χ0v) is 10.9. The highest BCUT2D eigenvalue weighted by molar-refractivity contribution is 7.80. The zero-order chi connectivity index (χ0) is 14.8. The smallest absolute Gasteiger partial charge is 0.396 e. The summed E-state index contributed by atoms with van der Waals surface area (Å²) in [5.74, 6) is -0.160. The second-order valence-electron chi connectivity index (χ2n) is 3.90. The molecule has 2 aromatic heterocycles. The van der Waals surface area contributed by atoms with Crippen molar-refractivity contribution < 1.29 is 22.8 Å². The van der Waals surface area contributed by atoms with E-state index in [4.69, 9.17) is 9.63 Å². The Labute approximate surface area is 117 Å². The summed E-state index contributed by atoms with van der Waals surface area (Å²) in [5.41, 5.74) is -1.19. The second kappa shape index (κ2) is 5.80. The summed E-state index contributed by atoms with van der Waals surface area (Å²) >= 11 is 4.13. The number of rotatable bonds is 4. The Balaban J connectivity index is 2.38. The Morgan fingerprint density at radius 1 is 1.40 bits per heavy atom. The minimum atomic E-state index is -4.54. The molecule has 0 aliphatic carbocycles. The maximum absolute atomic E-state index is 12.9. The average Bonchev–Trinajstić information content (AvgIpc) is 2.87. The molecule has 0 radical (unpaired) electrons. The molecule has 0 fully saturated rings. The minimum Gasteiger partial charge on any atom is -0.396 e. The summed E-state index contributed by atoms with van der Waals surface area (Å²) in [5, 5.41) is 11.8. The largest absolute Gasteiger partial charge is 0.417 e. The number of halogens is 3. The summed E-state index contributed by atoms with van der Waals surface area (Å²) in [6.07, 6.45) is -2.23. The van der Waals surface area contributed by atoms with E-state index in [1.54, 1.807) is 0 Å². The average molecular weight is 305 g/mol. The van der Waals surface area contributed by atoms with Crippen molar-refractivity contribution in [1.82, 2.24) is 15.1 Å². The van der Waals surface area contributed by atoms with Crippen molar-refractivity contribution in [2.24, 2.45) is 0 Å². The Hall–Kier alpha value is -1.61. The first kappa shape index (κ1) is 14.8. The molecule has 2 rings (SSSR count). The van der Waals surface area contributed by atoms with Gasteiger partial charge in [0.25, 0.3) is 5.89 Å². The Morgan fingerprint density at radius 3 is 2.80 bits per heavy atom. The molecular weight excluding hydrogens is 295 g/mol. The van der Waals surface area contributed by atoms with Gasteiger partial charge in [-0.3, -0.25) is 4.98 Å². The van der Waals surface area contributed by atoms with Crippen LogP contribution in [-0.2, 0) is 6.18 Å². The number of aliphatic hydroxyl groups is 1. The first-order valence-corrected chi connectivity index (χ1v) is 6.09. The first-order chi connectivity index (χ1) is 9.43. The zero-order valence-electron chi connectivity index (χ0n) is 10.0. The number of aliphatic hydroxyl groups excluding tert-OH is 1. The van der Waals surface area contributed by atoms with Gasteiger partial charge in [0.05, 0.1) is 16.4 Å². The lowest BCUT2D eigenvalue weighted by Crippen LogP contribution is -2.07. The molecule has 0 aromatic carbocycles. The molecule has 0 bridgehead atoms. The minimum absolute atomic E-state index is 0.120. The fourth-order valence-electron chi connectivity index (χ4n) is 1.54. The van der Waals surface area contributed by atoms with Crippen LogP contribution in [0.15, 0.2) is 23.0 Å². The van der Waals surface area contributed by atoms with E-state index in [0.717, 1.165) is 18.5 Å². The molecule has 2 heterocycles. The molecular formula is C11H10F3N3O2S. The van der Waals surface area contributed by atoms with Gasteiger partial charge in [-0.2, -0.15) is 30.8 Å². The van der Waals surface area contributed by atoms with E-state index in [1.807, 2.05) is 0 Å². The standard InChI is InChI=1S/C11H10F3N3O2S/c12-11(13,14)7-1-3-15-5-6(7)10-16-9(17-19-10)8(20)2-4-18/h1,3,5,8,18,20H,2,4H2. The summed E-state index contributed by atoms with van der Waals surface area (Å²) < 4.78 is 43.4. The lowest BCUT2D eigenvalue weighted by Gasteiger charge is -2.08. The number of hydrogen-bond donors (Lipinski definition) is 2. The highest BCUT2D eigenvalue weighted by Crippen LogP contribution is 2.36. The maximum Gasteiger partial charge on any atom is 0.417 e. The fraction of sp³-hybridized carbons (Fsp3) is 0.364. The van der Waals surface area contributed by atoms with Gasteiger partial charge in [-0.25, -0.2) is 0 Å². The molecule has 0 spiro atoms. The van der Waals surface area contributed by atoms with Crippen LogP contribution in [0.2, 0.25) is 0 Å². The van der Waals surface area contributed by atoms with Gasteiger partial charge in [-0.05, 0) is 12.5 Å². The van der Waals surface area contributed by atoms with Crippen LogP contribution >= 0.6 is 12.6 Å². The SMILES string of the molecule is OCCC(S)c1noc(-c2cnccc2C(F)(F)F)n1. The van der Waals surface area contributed by atoms with Crippen molar-refractivity contribution in [1.29, 1.82) is 0 Å². The van der Waals surface area contributed by atoms with Gasteiger partial charge in [0, 0.05) is 19.0 Å². The van der Waals surface area contributed by atoms with Gasteiger partial charge in [0.1, 0.15) is 0 Å². The summed E-state index contributed by atoms with van der Waals surface area (Å²) in [6.45, 7) is -0.140. The molecule has 5 nitrogen and oxygen atoms in total. The third kappa shape index (κ3) is 3.10. The van der Waals surface area contributed by atoms with Gasteiger partial charge < -0.3 is 9.63 Å². The highest BCUT2D eigenvalue weighted by Gasteiger charge is 2.35. The van der Waals surface area contributed by atoms with Crippen LogP contribution in [0.5, 0.6) is 0 Å². The van der Waals surface area contributed by atoms with Crippen LogP contribution in [-0.4, -0.2) is 26.8 Å². The van der Waals surface area contributed by atoms with Gasteiger partial charge >= 0.3 is 6.18 Å². The van der Waals surface area contributed by atoms with Crippen LogP contribution in [0.4, 0.5) is 13.2 Å². The third-order valence-electron chi connectivity index (χ3n) is 2.50. The van der Waals surface area contributed by atoms with Gasteiger partial charge in [0.15, 0.2) is 5.82 Å². The molecule has 2 aromatic rings. The molecule has 0 aliphatic rings. The molecule has 1 N–H and O–H groups in total. The van der Waals surface area contributed by atoms with E-state index in [9.17, 15) is 13.2 Å². The van der Waals surface area contributed by atoms with Crippen molar-refractivity contribution in [2.45, 2.75) is 17.8 Å². The van der Waals surface area contributed by atoms with Crippen molar-refractivity contribution in [3.63, 3.8) is 0 Å². The summed E-state index contributed by atoms with van der Waals surface area (Å²) in [7, 11) is 0. The Morgan fingerprint density at radius 2 is 2.15 bits per heavy atom. The summed E-state index contributed by atoms with van der Waals surface area (Å²) in [4.78, 5) is 7.51. The molecule has 0 aliphatic heterocycles. The van der Waals surface area contributed by atoms with Gasteiger partial charge in [-0.1, -0.05) is 5.16 Å². The number of aromatic nitrogens is 3. The molecule has 0 saturated carbocycles. The van der Waals surface area contributed by atoms with Crippen molar-refractivity contribution >= 4 is 12.6 Å². The van der Waals surface area contributed by atoms with Crippen LogP contribution in [0.3, 0.4) is 0 Å². The monoisotopic (exact) mass is 305 g/mol. The summed E-state index contributed by atoms with van der Waals surface area (Å²) in [6, 6.07) is 0.838. The molecule has 0 saturated heterocycles. The molecule has 108 valence electrons. The third-order valence-corrected chi connectivity index (χ3v) is 2.99. The first-order valence-electron chi connectivity index (χ1n) is 5.57. The van der Waals surface area contributed by atoms with E-state index in [2.05, 4.69) is 27.8 Å². The van der Waals surface area contributed by atoms with Crippen LogP contribution < -0.4 is 0 Å². The van der Waals surface area contributed by atoms with E-state index in [-0.39, 0.29) is 30.3 Å². The number of nitrogens with zero attached hydrogens (tertiary/aromatic N) is 3. The number of thiol groups is 1. The van der Waals surface area contributed by atoms with E-state index < -0.39 is 17.0 Å². The predicted octanol–water partition coefficient (Wildman–Crippen LogP) is 2.50. The van der Waals surface area contributed by atoms with E-state index >= 15 is 0 Å². The number of hydrogen-bond acceptors (Lipinski definition) is 6. The predicted molar refractivity (Wildman–Crippen MR) is 66.0 cm³/mol. The number of alkyl halides is 3. The van der Waals surface area contributed by atoms with E-state index in [0.29, 0.717) is 0 Å². The highest BCUT2D eigenvalue weighted by atomic mass is 32.1. The topological polar surface area (TPSA) is 72.0 Å². The van der Waals surface area contributed by atoms with Gasteiger partial charge in [0.2, 0.25) is 0 Å². The van der Waals surface area contributed by atoms with Crippen LogP contribution in [0, 0.1) is 0 Å². The lowest BCUT2D eigenvalue weighted by molar-refractivity contribution is -0.137. The molecule has 1 unspecified atom stereocenters. The number of pyridine rings is 1. The molecule has 1 atom stereocenters. The fourth-order valence-corrected chi connectivity index (χ4v) is 1.76. The normalized spacial score (nSPS) is 13.4. The lowest BCUT2D eigenvalue weighted by atomic mass is 10.1. The van der Waals surface area contributed by atoms with Crippen LogP contribution in [0.25, 0.3) is 11.5 Å². The molecule has 0 amide bonds. The molecule has 9 heteroatoms. The van der Waals surface area contributed by atoms with Crippen molar-refractivity contribution in [2.75, 3.05) is 6.61 Å². The van der Waals surface area contributed by atoms with Crippen molar-refractivity contribution in [3.05, 3.63) is 29.8 Å². The molecule has 20 heavy (non-hydrogen) atoms. The van der Waals surface area contributed by atoms with Crippen LogP contribution in [0.1, 0.15) is 23.1 Å². The quantitative estimate of drug-likeness (QED) is 0.849. The van der Waals surface area contributed by atoms with Gasteiger partial charge in [-0.15, -0.1) is 0 Å². The Kier molecular flexibility index (Phi) is 4.29. The maximum atomic E-state index is 12.9.